The van der Waals surface area contributed by atoms with E-state index in [2.05, 4.69) is 5.32 Å². The molecule has 0 aliphatic carbocycles. The molecule has 1 heterocycles. The van der Waals surface area contributed by atoms with E-state index in [4.69, 9.17) is 0 Å². The minimum absolute atomic E-state index is 0.241. The van der Waals surface area contributed by atoms with Gasteiger partial charge in [-0.05, 0) is 23.3 Å². The highest BCUT2D eigenvalue weighted by molar-refractivity contribution is 5.40. The lowest BCUT2D eigenvalue weighted by atomic mass is 9.78. The predicted molar refractivity (Wildman–Crippen MR) is 56.2 cm³/mol. The van der Waals surface area contributed by atoms with Crippen molar-refractivity contribution in [1.82, 2.24) is 5.32 Å². The molecule has 16 heavy (non-hydrogen) atoms. The standard InChI is InChI=1S/C12H14F3N/c1-11(2)7-16-6-8-3-4-9(5-10(8)11)12(13,14)15/h3-5,16H,6-7H2,1-2H3. The maximum Gasteiger partial charge on any atom is 0.416 e. The Bertz CT molecular complexity index is 407. The lowest BCUT2D eigenvalue weighted by molar-refractivity contribution is -0.137. The Kier molecular flexibility index (Phi) is 2.49. The van der Waals surface area contributed by atoms with Gasteiger partial charge in [-0.2, -0.15) is 13.2 Å². The maximum absolute atomic E-state index is 12.6. The Balaban J connectivity index is 2.52. The first kappa shape index (κ1) is 11.5. The van der Waals surface area contributed by atoms with E-state index in [1.54, 1.807) is 6.07 Å². The molecule has 0 bridgehead atoms. The molecule has 0 fully saturated rings. The van der Waals surface area contributed by atoms with Crippen molar-refractivity contribution in [1.29, 1.82) is 0 Å². The van der Waals surface area contributed by atoms with Gasteiger partial charge < -0.3 is 5.32 Å². The van der Waals surface area contributed by atoms with Gasteiger partial charge in [-0.15, -0.1) is 0 Å². The third kappa shape index (κ3) is 1.94. The second-order valence-corrected chi connectivity index (χ2v) is 4.86. The Morgan fingerprint density at radius 1 is 1.25 bits per heavy atom. The zero-order valence-electron chi connectivity index (χ0n) is 9.28. The van der Waals surface area contributed by atoms with Crippen molar-refractivity contribution < 1.29 is 13.2 Å². The Morgan fingerprint density at radius 3 is 2.56 bits per heavy atom. The van der Waals surface area contributed by atoms with Crippen LogP contribution in [-0.4, -0.2) is 6.54 Å². The van der Waals surface area contributed by atoms with Crippen molar-refractivity contribution in [3.63, 3.8) is 0 Å². The smallest absolute Gasteiger partial charge is 0.312 e. The minimum Gasteiger partial charge on any atom is -0.312 e. The minimum atomic E-state index is -4.25. The maximum atomic E-state index is 12.6. The third-order valence-electron chi connectivity index (χ3n) is 3.05. The fourth-order valence-electron chi connectivity index (χ4n) is 2.14. The molecule has 0 saturated heterocycles. The van der Waals surface area contributed by atoms with Crippen LogP contribution in [-0.2, 0) is 18.1 Å². The first-order valence-corrected chi connectivity index (χ1v) is 5.22. The second kappa shape index (κ2) is 3.48. The van der Waals surface area contributed by atoms with Crippen LogP contribution in [0.2, 0.25) is 0 Å². The van der Waals surface area contributed by atoms with E-state index in [0.717, 1.165) is 17.2 Å². The summed E-state index contributed by atoms with van der Waals surface area (Å²) in [5, 5.41) is 3.21. The highest BCUT2D eigenvalue weighted by atomic mass is 19.4. The molecule has 1 aliphatic rings. The summed E-state index contributed by atoms with van der Waals surface area (Å²) in [6.45, 7) is 5.27. The highest BCUT2D eigenvalue weighted by Gasteiger charge is 2.34. The summed E-state index contributed by atoms with van der Waals surface area (Å²) in [6, 6.07) is 4.02. The number of rotatable bonds is 0. The van der Waals surface area contributed by atoms with Gasteiger partial charge in [0.15, 0.2) is 0 Å². The molecule has 0 atom stereocenters. The molecule has 1 aliphatic heterocycles. The number of benzene rings is 1. The zero-order chi connectivity index (χ0) is 12.0. The molecule has 0 unspecified atom stereocenters. The van der Waals surface area contributed by atoms with Crippen LogP contribution in [0, 0.1) is 0 Å². The summed E-state index contributed by atoms with van der Waals surface area (Å²) >= 11 is 0. The topological polar surface area (TPSA) is 12.0 Å². The fourth-order valence-corrected chi connectivity index (χ4v) is 2.14. The van der Waals surface area contributed by atoms with E-state index >= 15 is 0 Å². The molecule has 88 valence electrons. The van der Waals surface area contributed by atoms with Gasteiger partial charge in [0.05, 0.1) is 5.56 Å². The molecule has 1 N–H and O–H groups in total. The molecule has 1 aromatic carbocycles. The Hall–Kier alpha value is -1.03. The van der Waals surface area contributed by atoms with E-state index < -0.39 is 11.7 Å². The summed E-state index contributed by atoms with van der Waals surface area (Å²) in [6.07, 6.45) is -4.25. The predicted octanol–water partition coefficient (Wildman–Crippen LogP) is 3.09. The first-order chi connectivity index (χ1) is 7.31. The number of alkyl halides is 3. The van der Waals surface area contributed by atoms with Crippen molar-refractivity contribution in [2.45, 2.75) is 32.0 Å². The molecular formula is C12H14F3N. The Labute approximate surface area is 92.7 Å². The van der Waals surface area contributed by atoms with Gasteiger partial charge in [0.25, 0.3) is 0 Å². The van der Waals surface area contributed by atoms with Gasteiger partial charge in [0.1, 0.15) is 0 Å². The lowest BCUT2D eigenvalue weighted by Gasteiger charge is -2.33. The molecule has 0 radical (unpaired) electrons. The quantitative estimate of drug-likeness (QED) is 0.720. The molecule has 0 aromatic heterocycles. The van der Waals surface area contributed by atoms with Crippen molar-refractivity contribution in [3.8, 4) is 0 Å². The SMILES string of the molecule is CC1(C)CNCc2ccc(C(F)(F)F)cc21. The van der Waals surface area contributed by atoms with E-state index in [1.165, 1.54) is 6.07 Å². The molecule has 1 nitrogen and oxygen atoms in total. The lowest BCUT2D eigenvalue weighted by Crippen LogP contribution is -2.38. The van der Waals surface area contributed by atoms with Crippen molar-refractivity contribution in [3.05, 3.63) is 34.9 Å². The van der Waals surface area contributed by atoms with Crippen LogP contribution < -0.4 is 5.32 Å². The van der Waals surface area contributed by atoms with Crippen molar-refractivity contribution in [2.24, 2.45) is 0 Å². The van der Waals surface area contributed by atoms with Gasteiger partial charge in [-0.25, -0.2) is 0 Å². The molecule has 0 spiro atoms. The van der Waals surface area contributed by atoms with Crippen LogP contribution in [0.4, 0.5) is 13.2 Å². The van der Waals surface area contributed by atoms with Crippen LogP contribution in [0.3, 0.4) is 0 Å². The molecule has 0 amide bonds. The van der Waals surface area contributed by atoms with Gasteiger partial charge in [0.2, 0.25) is 0 Å². The molecule has 4 heteroatoms. The Morgan fingerprint density at radius 2 is 1.94 bits per heavy atom. The average Bonchev–Trinajstić information content (AvgIpc) is 2.15. The molecule has 0 saturated carbocycles. The van der Waals surface area contributed by atoms with Crippen molar-refractivity contribution in [2.75, 3.05) is 6.54 Å². The molecule has 2 rings (SSSR count). The summed E-state index contributed by atoms with van der Waals surface area (Å²) in [5.41, 5.74) is 0.973. The van der Waals surface area contributed by atoms with Gasteiger partial charge in [0, 0.05) is 18.5 Å². The van der Waals surface area contributed by atoms with Crippen LogP contribution in [0.15, 0.2) is 18.2 Å². The zero-order valence-corrected chi connectivity index (χ0v) is 9.28. The number of fused-ring (bicyclic) bond motifs is 1. The summed E-state index contributed by atoms with van der Waals surface area (Å²) < 4.78 is 37.8. The summed E-state index contributed by atoms with van der Waals surface area (Å²) in [5.74, 6) is 0. The van der Waals surface area contributed by atoms with Crippen LogP contribution in [0.1, 0.15) is 30.5 Å². The van der Waals surface area contributed by atoms with Crippen molar-refractivity contribution >= 4 is 0 Å². The van der Waals surface area contributed by atoms with Crippen LogP contribution in [0.5, 0.6) is 0 Å². The van der Waals surface area contributed by atoms with Crippen LogP contribution in [0.25, 0.3) is 0 Å². The highest BCUT2D eigenvalue weighted by Crippen LogP contribution is 2.35. The molecular weight excluding hydrogens is 215 g/mol. The largest absolute Gasteiger partial charge is 0.416 e. The third-order valence-corrected chi connectivity index (χ3v) is 3.05. The van der Waals surface area contributed by atoms with E-state index in [1.807, 2.05) is 13.8 Å². The fraction of sp³-hybridized carbons (Fsp3) is 0.500. The van der Waals surface area contributed by atoms with Gasteiger partial charge in [-0.3, -0.25) is 0 Å². The number of halogens is 3. The number of nitrogens with one attached hydrogen (secondary N) is 1. The van der Waals surface area contributed by atoms with Crippen LogP contribution >= 0.6 is 0 Å². The normalized spacial score (nSPS) is 19.3. The summed E-state index contributed by atoms with van der Waals surface area (Å²) in [7, 11) is 0. The number of hydrogen-bond donors (Lipinski definition) is 1. The monoisotopic (exact) mass is 229 g/mol. The second-order valence-electron chi connectivity index (χ2n) is 4.86. The van der Waals surface area contributed by atoms with E-state index in [0.29, 0.717) is 13.1 Å². The van der Waals surface area contributed by atoms with E-state index in [-0.39, 0.29) is 5.41 Å². The van der Waals surface area contributed by atoms with Gasteiger partial charge >= 0.3 is 6.18 Å². The first-order valence-electron chi connectivity index (χ1n) is 5.22. The summed E-state index contributed by atoms with van der Waals surface area (Å²) in [4.78, 5) is 0. The van der Waals surface area contributed by atoms with Gasteiger partial charge in [-0.1, -0.05) is 19.9 Å². The average molecular weight is 229 g/mol. The molecule has 1 aromatic rings. The number of hydrogen-bond acceptors (Lipinski definition) is 1. The van der Waals surface area contributed by atoms with E-state index in [9.17, 15) is 13.2 Å².